The maximum Gasteiger partial charge on any atom is 0.306 e. The molecular formula is C59H114O6. The van der Waals surface area contributed by atoms with Crippen LogP contribution >= 0.6 is 0 Å². The third-order valence-corrected chi connectivity index (χ3v) is 14.2. The Kier molecular flexibility index (Phi) is 50.5. The van der Waals surface area contributed by atoms with E-state index >= 15 is 0 Å². The van der Waals surface area contributed by atoms with Gasteiger partial charge in [0.1, 0.15) is 13.2 Å². The zero-order valence-corrected chi connectivity index (χ0v) is 44.6. The van der Waals surface area contributed by atoms with E-state index in [2.05, 4.69) is 34.6 Å². The van der Waals surface area contributed by atoms with Crippen LogP contribution in [0.15, 0.2) is 0 Å². The van der Waals surface area contributed by atoms with E-state index in [1.807, 2.05) is 0 Å². The summed E-state index contributed by atoms with van der Waals surface area (Å²) >= 11 is 0. The second-order valence-electron chi connectivity index (χ2n) is 20.8. The first-order chi connectivity index (χ1) is 31.8. The summed E-state index contributed by atoms with van der Waals surface area (Å²) < 4.78 is 16.9. The largest absolute Gasteiger partial charge is 0.462 e. The number of unbranched alkanes of at least 4 members (excludes halogenated alkanes) is 36. The van der Waals surface area contributed by atoms with Crippen molar-refractivity contribution >= 4 is 17.9 Å². The molecule has 0 saturated heterocycles. The maximum atomic E-state index is 12.8. The van der Waals surface area contributed by atoms with Gasteiger partial charge < -0.3 is 14.2 Å². The van der Waals surface area contributed by atoms with Crippen LogP contribution in [-0.2, 0) is 28.6 Å². The zero-order valence-electron chi connectivity index (χ0n) is 44.6. The summed E-state index contributed by atoms with van der Waals surface area (Å²) in [6, 6.07) is 0. The summed E-state index contributed by atoms with van der Waals surface area (Å²) in [7, 11) is 0. The second kappa shape index (κ2) is 51.8. The van der Waals surface area contributed by atoms with Crippen LogP contribution < -0.4 is 0 Å². The Labute approximate surface area is 406 Å². The fraction of sp³-hybridized carbons (Fsp3) is 0.949. The van der Waals surface area contributed by atoms with E-state index in [0.29, 0.717) is 19.3 Å². The lowest BCUT2D eigenvalue weighted by Gasteiger charge is -2.18. The first kappa shape index (κ1) is 63.4. The lowest BCUT2D eigenvalue weighted by atomic mass is 9.99. The lowest BCUT2D eigenvalue weighted by Crippen LogP contribution is -2.30. The van der Waals surface area contributed by atoms with Crippen molar-refractivity contribution in [3.63, 3.8) is 0 Å². The van der Waals surface area contributed by atoms with E-state index < -0.39 is 6.10 Å². The van der Waals surface area contributed by atoms with Crippen LogP contribution in [0.3, 0.4) is 0 Å². The minimum atomic E-state index is -0.763. The van der Waals surface area contributed by atoms with Gasteiger partial charge in [-0.3, -0.25) is 14.4 Å². The molecule has 0 spiro atoms. The summed E-state index contributed by atoms with van der Waals surface area (Å²) in [5.74, 6) is 0.862. The monoisotopic (exact) mass is 919 g/mol. The minimum absolute atomic E-state index is 0.0638. The predicted octanol–water partition coefficient (Wildman–Crippen LogP) is 19.3. The van der Waals surface area contributed by atoms with E-state index in [1.165, 1.54) is 218 Å². The highest BCUT2D eigenvalue weighted by molar-refractivity contribution is 5.71. The highest BCUT2D eigenvalue weighted by atomic mass is 16.6. The van der Waals surface area contributed by atoms with Gasteiger partial charge in [-0.05, 0) is 31.1 Å². The highest BCUT2D eigenvalue weighted by Crippen LogP contribution is 2.19. The van der Waals surface area contributed by atoms with Gasteiger partial charge in [0.25, 0.3) is 0 Å². The molecule has 0 saturated carbocycles. The SMILES string of the molecule is CCCCCCCCCCCCCCCCCCCCCC(=O)OC[C@H](COC(=O)CCCCCCCCCCCCCCCCC(C)CC)OC(=O)CCCCCCCCC(C)CC. The predicted molar refractivity (Wildman–Crippen MR) is 280 cm³/mol. The van der Waals surface area contributed by atoms with Gasteiger partial charge >= 0.3 is 17.9 Å². The van der Waals surface area contributed by atoms with Gasteiger partial charge in [0, 0.05) is 19.3 Å². The Morgan fingerprint density at radius 1 is 0.308 bits per heavy atom. The molecule has 0 aliphatic heterocycles. The van der Waals surface area contributed by atoms with E-state index in [1.54, 1.807) is 0 Å². The summed E-state index contributed by atoms with van der Waals surface area (Å²) in [6.07, 6.45) is 55.3. The van der Waals surface area contributed by atoms with E-state index in [9.17, 15) is 14.4 Å². The number of carbonyl (C=O) groups is 3. The molecule has 0 aromatic rings. The average Bonchev–Trinajstić information content (AvgIpc) is 3.30. The fourth-order valence-electron chi connectivity index (χ4n) is 8.99. The Balaban J connectivity index is 4.21. The van der Waals surface area contributed by atoms with Crippen molar-refractivity contribution in [2.75, 3.05) is 13.2 Å². The number of esters is 3. The van der Waals surface area contributed by atoms with Crippen molar-refractivity contribution in [2.45, 2.75) is 336 Å². The molecule has 0 N–H and O–H groups in total. The minimum Gasteiger partial charge on any atom is -0.462 e. The lowest BCUT2D eigenvalue weighted by molar-refractivity contribution is -0.167. The smallest absolute Gasteiger partial charge is 0.306 e. The molecule has 65 heavy (non-hydrogen) atoms. The Hall–Kier alpha value is -1.59. The number of rotatable bonds is 53. The zero-order chi connectivity index (χ0) is 47.5. The Bertz CT molecular complexity index is 997. The van der Waals surface area contributed by atoms with Crippen LogP contribution in [-0.4, -0.2) is 37.2 Å². The molecule has 2 unspecified atom stereocenters. The van der Waals surface area contributed by atoms with Gasteiger partial charge in [-0.2, -0.15) is 0 Å². The molecule has 0 aliphatic carbocycles. The van der Waals surface area contributed by atoms with Crippen LogP contribution in [0.4, 0.5) is 0 Å². The van der Waals surface area contributed by atoms with Gasteiger partial charge in [-0.1, -0.05) is 291 Å². The molecule has 386 valence electrons. The third-order valence-electron chi connectivity index (χ3n) is 14.2. The summed E-state index contributed by atoms with van der Waals surface area (Å²) in [5, 5.41) is 0. The molecule has 0 aromatic carbocycles. The molecule has 3 atom stereocenters. The van der Waals surface area contributed by atoms with Gasteiger partial charge in [-0.15, -0.1) is 0 Å². The average molecular weight is 920 g/mol. The summed E-state index contributed by atoms with van der Waals surface area (Å²) in [4.78, 5) is 38.1. The van der Waals surface area contributed by atoms with E-state index in [-0.39, 0.29) is 31.1 Å². The molecule has 0 fully saturated rings. The van der Waals surface area contributed by atoms with Gasteiger partial charge in [0.2, 0.25) is 0 Å². The van der Waals surface area contributed by atoms with Crippen molar-refractivity contribution in [3.05, 3.63) is 0 Å². The van der Waals surface area contributed by atoms with Gasteiger partial charge in [0.05, 0.1) is 0 Å². The van der Waals surface area contributed by atoms with Crippen LogP contribution in [0.5, 0.6) is 0 Å². The first-order valence-electron chi connectivity index (χ1n) is 29.3. The van der Waals surface area contributed by atoms with Crippen LogP contribution in [0.2, 0.25) is 0 Å². The van der Waals surface area contributed by atoms with E-state index in [0.717, 1.165) is 69.6 Å². The molecule has 0 rings (SSSR count). The van der Waals surface area contributed by atoms with E-state index in [4.69, 9.17) is 14.2 Å². The number of ether oxygens (including phenoxy) is 3. The summed E-state index contributed by atoms with van der Waals surface area (Å²) in [6.45, 7) is 11.4. The molecule has 0 aliphatic rings. The number of hydrogen-bond acceptors (Lipinski definition) is 6. The van der Waals surface area contributed by atoms with Crippen LogP contribution in [0, 0.1) is 11.8 Å². The van der Waals surface area contributed by atoms with Crippen LogP contribution in [0.1, 0.15) is 330 Å². The fourth-order valence-corrected chi connectivity index (χ4v) is 8.99. The molecular weight excluding hydrogens is 805 g/mol. The van der Waals surface area contributed by atoms with Gasteiger partial charge in [-0.25, -0.2) is 0 Å². The van der Waals surface area contributed by atoms with Crippen molar-refractivity contribution in [2.24, 2.45) is 11.8 Å². The number of hydrogen-bond donors (Lipinski definition) is 0. The molecule has 6 heteroatoms. The molecule has 0 amide bonds. The topological polar surface area (TPSA) is 78.9 Å². The van der Waals surface area contributed by atoms with Crippen molar-refractivity contribution in [1.82, 2.24) is 0 Å². The molecule has 0 aromatic heterocycles. The standard InChI is InChI=1S/C59H114O6/c1-6-9-10-11-12-13-14-15-16-17-18-19-20-24-27-30-33-39-44-49-57(60)63-52-56(65-59(62)51-46-41-36-35-38-43-48-55(5)8-3)53-64-58(61)50-45-40-34-31-28-25-22-21-23-26-29-32-37-42-47-54(4)7-2/h54-56H,6-53H2,1-5H3/t54?,55?,56-/m1/s1. The van der Waals surface area contributed by atoms with Crippen molar-refractivity contribution in [1.29, 1.82) is 0 Å². The quantitative estimate of drug-likeness (QED) is 0.0344. The second-order valence-corrected chi connectivity index (χ2v) is 20.8. The maximum absolute atomic E-state index is 12.8. The van der Waals surface area contributed by atoms with Crippen LogP contribution in [0.25, 0.3) is 0 Å². The Morgan fingerprint density at radius 2 is 0.538 bits per heavy atom. The highest BCUT2D eigenvalue weighted by Gasteiger charge is 2.19. The number of carbonyl (C=O) groups excluding carboxylic acids is 3. The third kappa shape index (κ3) is 50.1. The van der Waals surface area contributed by atoms with Gasteiger partial charge in [0.15, 0.2) is 6.10 Å². The Morgan fingerprint density at radius 3 is 0.800 bits per heavy atom. The molecule has 0 radical (unpaired) electrons. The molecule has 6 nitrogen and oxygen atoms in total. The normalized spacial score (nSPS) is 12.9. The molecule has 0 bridgehead atoms. The first-order valence-corrected chi connectivity index (χ1v) is 29.3. The molecule has 0 heterocycles. The summed E-state index contributed by atoms with van der Waals surface area (Å²) in [5.41, 5.74) is 0. The van der Waals surface area contributed by atoms with Crippen molar-refractivity contribution in [3.8, 4) is 0 Å². The van der Waals surface area contributed by atoms with Crippen molar-refractivity contribution < 1.29 is 28.6 Å².